The van der Waals surface area contributed by atoms with Gasteiger partial charge in [-0.3, -0.25) is 4.79 Å². The molecule has 0 spiro atoms. The Morgan fingerprint density at radius 1 is 1.29 bits per heavy atom. The summed E-state index contributed by atoms with van der Waals surface area (Å²) in [6.07, 6.45) is 0.330. The normalized spacial score (nSPS) is 42.3. The maximum atomic E-state index is 12.8. The SMILES string of the molecule is C[C@@]1(CO)CC[C@@H](O)[C@@]2(C)C1C(OC(=O)c1ccccc1)C[C@@H]1C(=O)OC[C@@H]12. The first-order valence-corrected chi connectivity index (χ1v) is 10.0. The minimum Gasteiger partial charge on any atom is -0.465 e. The van der Waals surface area contributed by atoms with E-state index in [4.69, 9.17) is 9.47 Å². The fraction of sp³-hybridized carbons (Fsp3) is 0.636. The van der Waals surface area contributed by atoms with Crippen molar-refractivity contribution in [2.24, 2.45) is 28.6 Å². The van der Waals surface area contributed by atoms with Crippen LogP contribution in [-0.2, 0) is 14.3 Å². The van der Waals surface area contributed by atoms with Gasteiger partial charge >= 0.3 is 11.9 Å². The van der Waals surface area contributed by atoms with Gasteiger partial charge in [-0.25, -0.2) is 4.79 Å². The summed E-state index contributed by atoms with van der Waals surface area (Å²) in [6.45, 7) is 4.17. The molecule has 3 aliphatic rings. The van der Waals surface area contributed by atoms with Gasteiger partial charge in [0.2, 0.25) is 0 Å². The van der Waals surface area contributed by atoms with E-state index in [0.29, 0.717) is 24.8 Å². The molecule has 152 valence electrons. The molecule has 4 rings (SSSR count). The summed E-state index contributed by atoms with van der Waals surface area (Å²) < 4.78 is 11.3. The van der Waals surface area contributed by atoms with Crippen LogP contribution in [0.4, 0.5) is 0 Å². The molecule has 2 saturated carbocycles. The van der Waals surface area contributed by atoms with Gasteiger partial charge in [-0.2, -0.15) is 0 Å². The number of hydrogen-bond donors (Lipinski definition) is 2. The minimum absolute atomic E-state index is 0.0639. The number of aliphatic hydroxyl groups excluding tert-OH is 2. The molecule has 2 unspecified atom stereocenters. The standard InChI is InChI=1S/C22H28O6/c1-21(12-23)9-8-17(24)22(2)15-11-27-20(26)14(15)10-16(18(21)22)28-19(25)13-6-4-3-5-7-13/h3-7,14-18,23-24H,8-12H2,1-2H3/t14-,15-,16?,17+,18?,21-,22-/m0/s1. The predicted molar refractivity (Wildman–Crippen MR) is 100 cm³/mol. The number of carbonyl (C=O) groups excluding carboxylic acids is 2. The van der Waals surface area contributed by atoms with Gasteiger partial charge in [-0.05, 0) is 36.8 Å². The Morgan fingerprint density at radius 2 is 2.00 bits per heavy atom. The third kappa shape index (κ3) is 2.77. The first-order chi connectivity index (χ1) is 13.3. The van der Waals surface area contributed by atoms with Crippen LogP contribution in [0.1, 0.15) is 43.5 Å². The smallest absolute Gasteiger partial charge is 0.338 e. The average molecular weight is 388 g/mol. The third-order valence-corrected chi connectivity index (χ3v) is 7.61. The van der Waals surface area contributed by atoms with E-state index in [-0.39, 0.29) is 31.0 Å². The van der Waals surface area contributed by atoms with Crippen molar-refractivity contribution in [3.8, 4) is 0 Å². The molecule has 0 aromatic heterocycles. The van der Waals surface area contributed by atoms with Crippen LogP contribution < -0.4 is 0 Å². The number of cyclic esters (lactones) is 1. The van der Waals surface area contributed by atoms with Crippen molar-refractivity contribution in [2.45, 2.75) is 45.3 Å². The largest absolute Gasteiger partial charge is 0.465 e. The van der Waals surface area contributed by atoms with Crippen molar-refractivity contribution < 1.29 is 29.3 Å². The van der Waals surface area contributed by atoms with Gasteiger partial charge < -0.3 is 19.7 Å². The fourth-order valence-corrected chi connectivity index (χ4v) is 6.11. The van der Waals surface area contributed by atoms with Gasteiger partial charge in [-0.15, -0.1) is 0 Å². The average Bonchev–Trinajstić information content (AvgIpc) is 3.07. The Labute approximate surface area is 164 Å². The van der Waals surface area contributed by atoms with Gasteiger partial charge in [-0.1, -0.05) is 32.0 Å². The molecule has 0 radical (unpaired) electrons. The van der Waals surface area contributed by atoms with E-state index >= 15 is 0 Å². The molecule has 2 aliphatic carbocycles. The second-order valence-corrected chi connectivity index (χ2v) is 9.10. The first-order valence-electron chi connectivity index (χ1n) is 10.0. The first kappa shape index (κ1) is 19.4. The Morgan fingerprint density at radius 3 is 2.68 bits per heavy atom. The molecule has 6 heteroatoms. The summed E-state index contributed by atoms with van der Waals surface area (Å²) in [7, 11) is 0. The summed E-state index contributed by atoms with van der Waals surface area (Å²) in [5, 5.41) is 21.2. The zero-order chi connectivity index (χ0) is 20.1. The molecule has 1 heterocycles. The summed E-state index contributed by atoms with van der Waals surface area (Å²) in [5.74, 6) is -1.53. The van der Waals surface area contributed by atoms with Gasteiger partial charge in [0.15, 0.2) is 0 Å². The van der Waals surface area contributed by atoms with Gasteiger partial charge in [0, 0.05) is 23.9 Å². The Bertz CT molecular complexity index is 764. The number of ether oxygens (including phenoxy) is 2. The molecule has 0 amide bonds. The number of hydrogen-bond acceptors (Lipinski definition) is 6. The van der Waals surface area contributed by atoms with Crippen molar-refractivity contribution in [1.82, 2.24) is 0 Å². The number of esters is 2. The lowest BCUT2D eigenvalue weighted by Gasteiger charge is -2.61. The highest BCUT2D eigenvalue weighted by Crippen LogP contribution is 2.63. The minimum atomic E-state index is -0.674. The van der Waals surface area contributed by atoms with Crippen LogP contribution in [0.3, 0.4) is 0 Å². The Hall–Kier alpha value is -1.92. The summed E-state index contributed by atoms with van der Waals surface area (Å²) in [6, 6.07) is 8.76. The second kappa shape index (κ2) is 6.85. The number of carbonyl (C=O) groups is 2. The molecule has 7 atom stereocenters. The molecule has 1 aromatic rings. The highest BCUT2D eigenvalue weighted by Gasteiger charge is 2.67. The monoisotopic (exact) mass is 388 g/mol. The maximum absolute atomic E-state index is 12.8. The summed E-state index contributed by atoms with van der Waals surface area (Å²) >= 11 is 0. The van der Waals surface area contributed by atoms with Gasteiger partial charge in [0.25, 0.3) is 0 Å². The lowest BCUT2D eigenvalue weighted by molar-refractivity contribution is -0.212. The van der Waals surface area contributed by atoms with E-state index in [2.05, 4.69) is 0 Å². The third-order valence-electron chi connectivity index (χ3n) is 7.61. The molecule has 1 saturated heterocycles. The van der Waals surface area contributed by atoms with E-state index in [1.807, 2.05) is 19.9 Å². The molecule has 3 fully saturated rings. The van der Waals surface area contributed by atoms with E-state index in [0.717, 1.165) is 0 Å². The van der Waals surface area contributed by atoms with Crippen LogP contribution in [0.15, 0.2) is 30.3 Å². The molecule has 1 aromatic carbocycles. The molecule has 2 N–H and O–H groups in total. The number of benzene rings is 1. The number of fused-ring (bicyclic) bond motifs is 3. The lowest BCUT2D eigenvalue weighted by atomic mass is 9.44. The van der Waals surface area contributed by atoms with E-state index in [1.165, 1.54) is 0 Å². The molecule has 1 aliphatic heterocycles. The molecular weight excluding hydrogens is 360 g/mol. The van der Waals surface area contributed by atoms with E-state index < -0.39 is 34.9 Å². The van der Waals surface area contributed by atoms with Gasteiger partial charge in [0.1, 0.15) is 6.10 Å². The quantitative estimate of drug-likeness (QED) is 0.771. The zero-order valence-electron chi connectivity index (χ0n) is 16.3. The van der Waals surface area contributed by atoms with E-state index in [1.54, 1.807) is 24.3 Å². The fourth-order valence-electron chi connectivity index (χ4n) is 6.11. The van der Waals surface area contributed by atoms with Crippen LogP contribution >= 0.6 is 0 Å². The molecular formula is C22H28O6. The van der Waals surface area contributed by atoms with Crippen molar-refractivity contribution in [1.29, 1.82) is 0 Å². The number of rotatable bonds is 3. The molecule has 28 heavy (non-hydrogen) atoms. The lowest BCUT2D eigenvalue weighted by Crippen LogP contribution is -2.64. The highest BCUT2D eigenvalue weighted by molar-refractivity contribution is 5.89. The Balaban J connectivity index is 1.73. The molecule has 0 bridgehead atoms. The highest BCUT2D eigenvalue weighted by atomic mass is 16.6. The summed E-state index contributed by atoms with van der Waals surface area (Å²) in [5.41, 5.74) is -0.735. The van der Waals surface area contributed by atoms with Crippen molar-refractivity contribution >= 4 is 11.9 Å². The predicted octanol–water partition coefficient (Wildman–Crippen LogP) is 2.18. The van der Waals surface area contributed by atoms with Crippen LogP contribution in [0.2, 0.25) is 0 Å². The van der Waals surface area contributed by atoms with Crippen LogP contribution in [0.5, 0.6) is 0 Å². The van der Waals surface area contributed by atoms with Crippen molar-refractivity contribution in [2.75, 3.05) is 13.2 Å². The Kier molecular flexibility index (Phi) is 4.74. The van der Waals surface area contributed by atoms with Crippen LogP contribution in [0.25, 0.3) is 0 Å². The second-order valence-electron chi connectivity index (χ2n) is 9.10. The zero-order valence-corrected chi connectivity index (χ0v) is 16.3. The van der Waals surface area contributed by atoms with Crippen LogP contribution in [-0.4, -0.2) is 47.6 Å². The van der Waals surface area contributed by atoms with Crippen molar-refractivity contribution in [3.63, 3.8) is 0 Å². The summed E-state index contributed by atoms with van der Waals surface area (Å²) in [4.78, 5) is 25.2. The topological polar surface area (TPSA) is 93.1 Å². The van der Waals surface area contributed by atoms with E-state index in [9.17, 15) is 19.8 Å². The maximum Gasteiger partial charge on any atom is 0.338 e. The van der Waals surface area contributed by atoms with Gasteiger partial charge in [0.05, 0.1) is 24.2 Å². The molecule has 6 nitrogen and oxygen atoms in total. The number of aliphatic hydroxyl groups is 2. The van der Waals surface area contributed by atoms with Crippen LogP contribution in [0, 0.1) is 28.6 Å². The van der Waals surface area contributed by atoms with Crippen molar-refractivity contribution in [3.05, 3.63) is 35.9 Å².